The fraction of sp³-hybridized carbons (Fsp3) is 0.133. The van der Waals surface area contributed by atoms with Crippen LogP contribution in [0.3, 0.4) is 0 Å². The molecule has 2 rings (SSSR count). The molecular weight excluding hydrogens is 318 g/mol. The van der Waals surface area contributed by atoms with E-state index in [0.29, 0.717) is 5.69 Å². The number of nitro benzene ring substituents is 1. The van der Waals surface area contributed by atoms with Crippen LogP contribution in [-0.4, -0.2) is 19.9 Å². The highest BCUT2D eigenvalue weighted by molar-refractivity contribution is 7.92. The average molecular weight is 331 g/mol. The third kappa shape index (κ3) is 3.64. The average Bonchev–Trinajstić information content (AvgIpc) is 2.56. The summed E-state index contributed by atoms with van der Waals surface area (Å²) in [6.45, 7) is -0.000164. The number of hydrogen-bond donors (Lipinski definition) is 0. The highest BCUT2D eigenvalue weighted by Crippen LogP contribution is 2.25. The van der Waals surface area contributed by atoms with E-state index in [0.717, 1.165) is 16.4 Å². The van der Waals surface area contributed by atoms with Gasteiger partial charge in [-0.1, -0.05) is 18.2 Å². The van der Waals surface area contributed by atoms with E-state index >= 15 is 0 Å². The zero-order chi connectivity index (χ0) is 16.9. The van der Waals surface area contributed by atoms with E-state index in [4.69, 9.17) is 5.26 Å². The van der Waals surface area contributed by atoms with Crippen LogP contribution in [0.25, 0.3) is 0 Å². The highest BCUT2D eigenvalue weighted by Gasteiger charge is 2.25. The summed E-state index contributed by atoms with van der Waals surface area (Å²) in [5.74, 6) is 0. The molecule has 0 aliphatic rings. The summed E-state index contributed by atoms with van der Waals surface area (Å²) >= 11 is 0. The van der Waals surface area contributed by atoms with Crippen LogP contribution >= 0.6 is 0 Å². The Hall–Kier alpha value is -2.92. The summed E-state index contributed by atoms with van der Waals surface area (Å²) in [4.78, 5) is 10.0. The molecule has 118 valence electrons. The standard InChI is InChI=1S/C15H13N3O4S/c16-11-4-12-17(13-5-2-1-3-6-13)23(21,22)15-9-7-14(8-10-15)18(19)20/h1-3,5-10H,4,12H2. The minimum atomic E-state index is -3.91. The smallest absolute Gasteiger partial charge is 0.265 e. The third-order valence-electron chi connectivity index (χ3n) is 3.11. The molecule has 2 aromatic carbocycles. The van der Waals surface area contributed by atoms with Gasteiger partial charge in [-0.15, -0.1) is 0 Å². The van der Waals surface area contributed by atoms with Gasteiger partial charge in [-0.3, -0.25) is 14.4 Å². The van der Waals surface area contributed by atoms with Gasteiger partial charge in [0.25, 0.3) is 15.7 Å². The van der Waals surface area contributed by atoms with Gasteiger partial charge in [-0.2, -0.15) is 5.26 Å². The van der Waals surface area contributed by atoms with Gasteiger partial charge in [0, 0.05) is 18.7 Å². The number of benzene rings is 2. The molecule has 7 nitrogen and oxygen atoms in total. The Morgan fingerprint density at radius 3 is 2.22 bits per heavy atom. The number of para-hydroxylation sites is 1. The van der Waals surface area contributed by atoms with Gasteiger partial charge < -0.3 is 0 Å². The minimum absolute atomic E-state index is 0.000164. The summed E-state index contributed by atoms with van der Waals surface area (Å²) in [5.41, 5.74) is 0.244. The van der Waals surface area contributed by atoms with E-state index in [1.165, 1.54) is 12.1 Å². The Morgan fingerprint density at radius 1 is 1.09 bits per heavy atom. The lowest BCUT2D eigenvalue weighted by atomic mass is 10.3. The van der Waals surface area contributed by atoms with E-state index in [2.05, 4.69) is 0 Å². The van der Waals surface area contributed by atoms with Gasteiger partial charge in [0.1, 0.15) is 0 Å². The van der Waals surface area contributed by atoms with Crippen molar-refractivity contribution in [2.75, 3.05) is 10.8 Å². The second-order valence-corrected chi connectivity index (χ2v) is 6.43. The molecule has 0 unspecified atom stereocenters. The summed E-state index contributed by atoms with van der Waals surface area (Å²) in [6.07, 6.45) is 0.0289. The molecule has 0 atom stereocenters. The Morgan fingerprint density at radius 2 is 1.70 bits per heavy atom. The predicted octanol–water partition coefficient (Wildman–Crippen LogP) is 2.70. The van der Waals surface area contributed by atoms with Gasteiger partial charge in [-0.25, -0.2) is 8.42 Å². The van der Waals surface area contributed by atoms with E-state index in [1.807, 2.05) is 6.07 Å². The normalized spacial score (nSPS) is 10.7. The van der Waals surface area contributed by atoms with E-state index in [9.17, 15) is 18.5 Å². The van der Waals surface area contributed by atoms with Gasteiger partial charge in [0.05, 0.1) is 28.0 Å². The number of nitrogens with zero attached hydrogens (tertiary/aromatic N) is 3. The minimum Gasteiger partial charge on any atom is -0.265 e. The molecule has 23 heavy (non-hydrogen) atoms. The summed E-state index contributed by atoms with van der Waals surface area (Å²) < 4.78 is 26.7. The molecule has 0 aliphatic carbocycles. The Balaban J connectivity index is 2.43. The molecule has 0 saturated heterocycles. The zero-order valence-corrected chi connectivity index (χ0v) is 12.8. The number of hydrogen-bond acceptors (Lipinski definition) is 5. The maximum absolute atomic E-state index is 12.8. The lowest BCUT2D eigenvalue weighted by Gasteiger charge is -2.23. The van der Waals surface area contributed by atoms with Crippen LogP contribution in [-0.2, 0) is 10.0 Å². The molecule has 0 spiro atoms. The molecule has 0 N–H and O–H groups in total. The lowest BCUT2D eigenvalue weighted by molar-refractivity contribution is -0.384. The van der Waals surface area contributed by atoms with Gasteiger partial charge in [-0.05, 0) is 24.3 Å². The van der Waals surface area contributed by atoms with Gasteiger partial charge in [0.2, 0.25) is 0 Å². The molecule has 0 aromatic heterocycles. The molecule has 0 bridgehead atoms. The largest absolute Gasteiger partial charge is 0.269 e. The summed E-state index contributed by atoms with van der Waals surface area (Å²) in [6, 6.07) is 15.0. The number of anilines is 1. The van der Waals surface area contributed by atoms with Crippen LogP contribution in [0.5, 0.6) is 0 Å². The molecule has 8 heteroatoms. The maximum atomic E-state index is 12.8. The van der Waals surface area contributed by atoms with E-state index in [-0.39, 0.29) is 23.5 Å². The molecule has 0 radical (unpaired) electrons. The Bertz CT molecular complexity index is 827. The summed E-state index contributed by atoms with van der Waals surface area (Å²) in [7, 11) is -3.91. The number of non-ortho nitro benzene ring substituents is 1. The molecule has 0 amide bonds. The number of nitro groups is 1. The van der Waals surface area contributed by atoms with Crippen molar-refractivity contribution in [3.05, 3.63) is 64.7 Å². The number of nitriles is 1. The second kappa shape index (κ2) is 6.89. The number of sulfonamides is 1. The van der Waals surface area contributed by atoms with Crippen LogP contribution in [0, 0.1) is 21.4 Å². The fourth-order valence-electron chi connectivity index (χ4n) is 2.00. The monoisotopic (exact) mass is 331 g/mol. The predicted molar refractivity (Wildman–Crippen MR) is 84.3 cm³/mol. The second-order valence-electron chi connectivity index (χ2n) is 4.57. The van der Waals surface area contributed by atoms with E-state index in [1.54, 1.807) is 30.3 Å². The SMILES string of the molecule is N#CCCN(c1ccccc1)S(=O)(=O)c1ccc([N+](=O)[O-])cc1. The van der Waals surface area contributed by atoms with Crippen molar-refractivity contribution in [2.24, 2.45) is 0 Å². The van der Waals surface area contributed by atoms with Crippen LogP contribution in [0.1, 0.15) is 6.42 Å². The fourth-order valence-corrected chi connectivity index (χ4v) is 3.47. The van der Waals surface area contributed by atoms with Gasteiger partial charge >= 0.3 is 0 Å². The van der Waals surface area contributed by atoms with Crippen molar-refractivity contribution in [3.8, 4) is 6.07 Å². The first-order valence-electron chi connectivity index (χ1n) is 6.66. The van der Waals surface area contributed by atoms with Crippen molar-refractivity contribution in [1.82, 2.24) is 0 Å². The van der Waals surface area contributed by atoms with Crippen LogP contribution in [0.15, 0.2) is 59.5 Å². The Kier molecular flexibility index (Phi) is 4.93. The molecule has 0 saturated carbocycles. The highest BCUT2D eigenvalue weighted by atomic mass is 32.2. The topological polar surface area (TPSA) is 104 Å². The van der Waals surface area contributed by atoms with Crippen LogP contribution in [0.4, 0.5) is 11.4 Å². The molecule has 0 fully saturated rings. The first-order chi connectivity index (χ1) is 11.0. The van der Waals surface area contributed by atoms with Crippen molar-refractivity contribution in [3.63, 3.8) is 0 Å². The van der Waals surface area contributed by atoms with Gasteiger partial charge in [0.15, 0.2) is 0 Å². The van der Waals surface area contributed by atoms with E-state index < -0.39 is 14.9 Å². The first-order valence-corrected chi connectivity index (χ1v) is 8.10. The lowest BCUT2D eigenvalue weighted by Crippen LogP contribution is -2.31. The zero-order valence-electron chi connectivity index (χ0n) is 12.0. The van der Waals surface area contributed by atoms with Crippen LogP contribution in [0.2, 0.25) is 0 Å². The molecule has 0 heterocycles. The number of rotatable bonds is 6. The molecule has 0 aliphatic heterocycles. The van der Waals surface area contributed by atoms with Crippen molar-refractivity contribution in [2.45, 2.75) is 11.3 Å². The Labute approximate surface area is 133 Å². The maximum Gasteiger partial charge on any atom is 0.269 e. The quantitative estimate of drug-likeness (QED) is 0.598. The van der Waals surface area contributed by atoms with Crippen molar-refractivity contribution < 1.29 is 13.3 Å². The first kappa shape index (κ1) is 16.5. The van der Waals surface area contributed by atoms with Crippen molar-refractivity contribution >= 4 is 21.4 Å². The van der Waals surface area contributed by atoms with Crippen LogP contribution < -0.4 is 4.31 Å². The molecular formula is C15H13N3O4S. The third-order valence-corrected chi connectivity index (χ3v) is 4.95. The van der Waals surface area contributed by atoms with Crippen molar-refractivity contribution in [1.29, 1.82) is 5.26 Å². The summed E-state index contributed by atoms with van der Waals surface area (Å²) in [5, 5.41) is 19.4. The molecule has 2 aromatic rings.